The number of carbonyl (C=O) groups is 1. The summed E-state index contributed by atoms with van der Waals surface area (Å²) in [6.07, 6.45) is 2.08. The van der Waals surface area contributed by atoms with Crippen molar-refractivity contribution in [2.24, 2.45) is 11.1 Å². The van der Waals surface area contributed by atoms with Gasteiger partial charge in [-0.2, -0.15) is 0 Å². The first-order valence-corrected chi connectivity index (χ1v) is 9.37. The van der Waals surface area contributed by atoms with Crippen LogP contribution < -0.4 is 5.73 Å². The Bertz CT molecular complexity index is 549. The lowest BCUT2D eigenvalue weighted by Crippen LogP contribution is -2.11. The molecule has 0 bridgehead atoms. The molecule has 0 saturated carbocycles. The molecule has 3 nitrogen and oxygen atoms in total. The molecule has 26 heavy (non-hydrogen) atoms. The first-order chi connectivity index (χ1) is 12.3. The topological polar surface area (TPSA) is 63.3 Å². The first kappa shape index (κ1) is 23.9. The van der Waals surface area contributed by atoms with Crippen molar-refractivity contribution in [2.75, 3.05) is 0 Å². The van der Waals surface area contributed by atoms with Crippen LogP contribution in [0.1, 0.15) is 71.0 Å². The van der Waals surface area contributed by atoms with E-state index in [1.807, 2.05) is 50.2 Å². The number of hydrogen-bond acceptors (Lipinski definition) is 2. The Balaban J connectivity index is 0.000000464. The summed E-state index contributed by atoms with van der Waals surface area (Å²) in [6, 6.07) is 20.2. The summed E-state index contributed by atoms with van der Waals surface area (Å²) in [4.78, 5) is 10.1. The van der Waals surface area contributed by atoms with Crippen molar-refractivity contribution < 1.29 is 9.90 Å². The van der Waals surface area contributed by atoms with Crippen molar-refractivity contribution in [1.82, 2.24) is 0 Å². The van der Waals surface area contributed by atoms with Gasteiger partial charge in [-0.05, 0) is 29.4 Å². The van der Waals surface area contributed by atoms with Gasteiger partial charge in [0.05, 0.1) is 6.04 Å². The van der Waals surface area contributed by atoms with E-state index in [1.165, 1.54) is 0 Å². The van der Waals surface area contributed by atoms with Crippen LogP contribution in [0.25, 0.3) is 0 Å². The van der Waals surface area contributed by atoms with Gasteiger partial charge in [-0.1, -0.05) is 95.3 Å². The van der Waals surface area contributed by atoms with E-state index in [1.54, 1.807) is 0 Å². The summed E-state index contributed by atoms with van der Waals surface area (Å²) in [5.41, 5.74) is 8.69. The van der Waals surface area contributed by atoms with E-state index in [4.69, 9.17) is 10.8 Å². The predicted molar refractivity (Wildman–Crippen MR) is 111 cm³/mol. The summed E-state index contributed by atoms with van der Waals surface area (Å²) in [6.45, 7) is 10.4. The van der Waals surface area contributed by atoms with Crippen molar-refractivity contribution in [2.45, 2.75) is 59.9 Å². The number of aliphatic carboxylic acids is 1. The van der Waals surface area contributed by atoms with Gasteiger partial charge in [-0.3, -0.25) is 4.79 Å². The second kappa shape index (κ2) is 13.1. The van der Waals surface area contributed by atoms with Crippen molar-refractivity contribution in [3.05, 3.63) is 71.8 Å². The molecule has 2 aromatic rings. The van der Waals surface area contributed by atoms with Crippen LogP contribution in [0.5, 0.6) is 0 Å². The number of carboxylic acid groups (broad SMARTS) is 1. The zero-order chi connectivity index (χ0) is 20.0. The minimum atomic E-state index is -0.691. The molecule has 0 aliphatic heterocycles. The molecule has 0 aliphatic carbocycles. The molecule has 0 heterocycles. The molecule has 0 fully saturated rings. The second-order valence-corrected chi connectivity index (χ2v) is 7.11. The normalized spacial score (nSPS) is 10.3. The molecule has 0 aromatic heterocycles. The largest absolute Gasteiger partial charge is 0.481 e. The number of nitrogens with two attached hydrogens (primary N) is 1. The maximum Gasteiger partial charge on any atom is 0.303 e. The summed E-state index contributed by atoms with van der Waals surface area (Å²) >= 11 is 0. The fourth-order valence-corrected chi connectivity index (χ4v) is 2.28. The maximum atomic E-state index is 10.1. The fraction of sp³-hybridized carbons (Fsp3) is 0.435. The average Bonchev–Trinajstić information content (AvgIpc) is 2.63. The molecule has 0 aliphatic rings. The summed E-state index contributed by atoms with van der Waals surface area (Å²) < 4.78 is 0. The quantitative estimate of drug-likeness (QED) is 0.685. The van der Waals surface area contributed by atoms with E-state index in [9.17, 15) is 4.79 Å². The number of hydrogen-bond donors (Lipinski definition) is 2. The summed E-state index contributed by atoms with van der Waals surface area (Å²) in [7, 11) is 0. The Labute approximate surface area is 159 Å². The molecule has 0 amide bonds. The minimum absolute atomic E-state index is 0.0163. The Morgan fingerprint density at radius 3 is 1.62 bits per heavy atom. The SMILES string of the molecule is CC.CC(C)(C)CCCC(=O)O.NC(c1ccccc1)c1ccccc1. The molecule has 0 radical (unpaired) electrons. The van der Waals surface area contributed by atoms with Gasteiger partial charge in [-0.25, -0.2) is 0 Å². The van der Waals surface area contributed by atoms with Crippen LogP contribution in [0.15, 0.2) is 60.7 Å². The predicted octanol–water partition coefficient (Wildman–Crippen LogP) is 6.05. The van der Waals surface area contributed by atoms with Gasteiger partial charge in [0.15, 0.2) is 0 Å². The highest BCUT2D eigenvalue weighted by Crippen LogP contribution is 2.21. The monoisotopic (exact) mass is 357 g/mol. The third kappa shape index (κ3) is 11.4. The maximum absolute atomic E-state index is 10.1. The number of carboxylic acids is 1. The average molecular weight is 358 g/mol. The highest BCUT2D eigenvalue weighted by molar-refractivity contribution is 5.66. The standard InChI is InChI=1S/C13H13N.C8H16O2.C2H6/c14-13(11-7-3-1-4-8-11)12-9-5-2-6-10-12;1-8(2,3)6-4-5-7(9)10;1-2/h1-10,13H,14H2;4-6H2,1-3H3,(H,9,10);1-2H3. The molecule has 0 saturated heterocycles. The Kier molecular flexibility index (Phi) is 12.0. The summed E-state index contributed by atoms with van der Waals surface area (Å²) in [5, 5.41) is 8.31. The van der Waals surface area contributed by atoms with Crippen LogP contribution >= 0.6 is 0 Å². The van der Waals surface area contributed by atoms with E-state index in [0.29, 0.717) is 6.42 Å². The van der Waals surface area contributed by atoms with E-state index in [0.717, 1.165) is 24.0 Å². The van der Waals surface area contributed by atoms with Gasteiger partial charge in [0.2, 0.25) is 0 Å². The van der Waals surface area contributed by atoms with Crippen molar-refractivity contribution in [1.29, 1.82) is 0 Å². The molecule has 0 unspecified atom stereocenters. The van der Waals surface area contributed by atoms with Crippen LogP contribution in [-0.2, 0) is 4.79 Å². The molecular weight excluding hydrogens is 322 g/mol. The molecule has 3 heteroatoms. The number of benzene rings is 2. The van der Waals surface area contributed by atoms with Crippen molar-refractivity contribution in [3.8, 4) is 0 Å². The van der Waals surface area contributed by atoms with Crippen LogP contribution in [0, 0.1) is 5.41 Å². The van der Waals surface area contributed by atoms with Gasteiger partial charge in [-0.15, -0.1) is 0 Å². The first-order valence-electron chi connectivity index (χ1n) is 9.37. The smallest absolute Gasteiger partial charge is 0.303 e. The van der Waals surface area contributed by atoms with Crippen LogP contribution in [0.3, 0.4) is 0 Å². The molecule has 0 spiro atoms. The van der Waals surface area contributed by atoms with Gasteiger partial charge in [0, 0.05) is 6.42 Å². The lowest BCUT2D eigenvalue weighted by Gasteiger charge is -2.16. The van der Waals surface area contributed by atoms with E-state index in [2.05, 4.69) is 45.0 Å². The van der Waals surface area contributed by atoms with E-state index >= 15 is 0 Å². The Morgan fingerprint density at radius 1 is 0.923 bits per heavy atom. The Hall–Kier alpha value is -2.13. The highest BCUT2D eigenvalue weighted by Gasteiger charge is 2.10. The van der Waals surface area contributed by atoms with Gasteiger partial charge in [0.25, 0.3) is 0 Å². The van der Waals surface area contributed by atoms with Crippen molar-refractivity contribution in [3.63, 3.8) is 0 Å². The minimum Gasteiger partial charge on any atom is -0.481 e. The second-order valence-electron chi connectivity index (χ2n) is 7.11. The lowest BCUT2D eigenvalue weighted by molar-refractivity contribution is -0.137. The zero-order valence-electron chi connectivity index (χ0n) is 16.9. The Morgan fingerprint density at radius 2 is 1.31 bits per heavy atom. The molecule has 2 aromatic carbocycles. The molecule has 3 N–H and O–H groups in total. The third-order valence-electron chi connectivity index (χ3n) is 3.63. The van der Waals surface area contributed by atoms with Crippen LogP contribution in [0.4, 0.5) is 0 Å². The number of rotatable bonds is 5. The lowest BCUT2D eigenvalue weighted by atomic mass is 9.90. The summed E-state index contributed by atoms with van der Waals surface area (Å²) in [5.74, 6) is -0.691. The third-order valence-corrected chi connectivity index (χ3v) is 3.63. The van der Waals surface area contributed by atoms with Crippen LogP contribution in [-0.4, -0.2) is 11.1 Å². The van der Waals surface area contributed by atoms with Crippen LogP contribution in [0.2, 0.25) is 0 Å². The van der Waals surface area contributed by atoms with Gasteiger partial charge in [0.1, 0.15) is 0 Å². The van der Waals surface area contributed by atoms with Crippen molar-refractivity contribution >= 4 is 5.97 Å². The molecule has 144 valence electrons. The molecule has 2 rings (SSSR count). The molecular formula is C23H35NO2. The highest BCUT2D eigenvalue weighted by atomic mass is 16.4. The van der Waals surface area contributed by atoms with Gasteiger partial charge >= 0.3 is 5.97 Å². The van der Waals surface area contributed by atoms with Gasteiger partial charge < -0.3 is 10.8 Å². The van der Waals surface area contributed by atoms with E-state index in [-0.39, 0.29) is 11.5 Å². The van der Waals surface area contributed by atoms with E-state index < -0.39 is 5.97 Å². The fourth-order valence-electron chi connectivity index (χ4n) is 2.28. The molecule has 0 atom stereocenters. The zero-order valence-corrected chi connectivity index (χ0v) is 16.9.